The molecule has 0 saturated heterocycles. The Hall–Kier alpha value is -1.16. The molecule has 3 N–H and O–H groups in total. The number of hydrogen-bond acceptors (Lipinski definition) is 4. The summed E-state index contributed by atoms with van der Waals surface area (Å²) in [5, 5.41) is 11.2. The van der Waals surface area contributed by atoms with Crippen LogP contribution in [-0.2, 0) is 0 Å². The lowest BCUT2D eigenvalue weighted by Gasteiger charge is -2.22. The molecule has 0 spiro atoms. The first-order valence-electron chi connectivity index (χ1n) is 5.66. The first-order valence-corrected chi connectivity index (χ1v) is 5.66. The molecule has 4 nitrogen and oxygen atoms in total. The Bertz CT molecular complexity index is 288. The molecular weight excluding hydrogens is 188 g/mol. The second kappa shape index (κ2) is 5.07. The summed E-state index contributed by atoms with van der Waals surface area (Å²) in [6, 6.07) is 4.42. The summed E-state index contributed by atoms with van der Waals surface area (Å²) in [6.45, 7) is 0. The molecule has 82 valence electrons. The molecule has 0 aromatic carbocycles. The molecule has 1 saturated carbocycles. The van der Waals surface area contributed by atoms with Crippen LogP contribution in [-0.4, -0.2) is 22.3 Å². The van der Waals surface area contributed by atoms with Crippen LogP contribution in [0, 0.1) is 0 Å². The minimum atomic E-state index is 0.245. The molecule has 15 heavy (non-hydrogen) atoms. The second-order valence-electron chi connectivity index (χ2n) is 4.16. The molecule has 1 aliphatic carbocycles. The van der Waals surface area contributed by atoms with Gasteiger partial charge in [-0.05, 0) is 25.0 Å². The van der Waals surface area contributed by atoms with Gasteiger partial charge in [-0.25, -0.2) is 0 Å². The summed E-state index contributed by atoms with van der Waals surface area (Å²) in [5.41, 5.74) is 6.12. The largest absolute Gasteiger partial charge is 0.364 e. The Kier molecular flexibility index (Phi) is 3.50. The van der Waals surface area contributed by atoms with Crippen molar-refractivity contribution < 1.29 is 0 Å². The van der Waals surface area contributed by atoms with Crippen molar-refractivity contribution in [3.63, 3.8) is 0 Å². The standard InChI is InChI=1S/C11H18N4/c12-9-5-2-1-3-6-10(9)14-11-7-4-8-13-15-11/h4,7-10H,1-3,5-6,12H2,(H,14,15). The van der Waals surface area contributed by atoms with Gasteiger partial charge in [0.2, 0.25) is 0 Å². The van der Waals surface area contributed by atoms with Gasteiger partial charge in [-0.2, -0.15) is 5.10 Å². The van der Waals surface area contributed by atoms with E-state index in [2.05, 4.69) is 15.5 Å². The minimum absolute atomic E-state index is 0.245. The lowest BCUT2D eigenvalue weighted by molar-refractivity contribution is 0.526. The fourth-order valence-electron chi connectivity index (χ4n) is 2.08. The van der Waals surface area contributed by atoms with E-state index in [1.165, 1.54) is 19.3 Å². The topological polar surface area (TPSA) is 63.8 Å². The van der Waals surface area contributed by atoms with E-state index < -0.39 is 0 Å². The van der Waals surface area contributed by atoms with Crippen LogP contribution >= 0.6 is 0 Å². The van der Waals surface area contributed by atoms with Crippen LogP contribution in [0.25, 0.3) is 0 Å². The van der Waals surface area contributed by atoms with Gasteiger partial charge in [-0.15, -0.1) is 5.10 Å². The Morgan fingerprint density at radius 3 is 2.93 bits per heavy atom. The van der Waals surface area contributed by atoms with Crippen molar-refractivity contribution in [2.24, 2.45) is 5.73 Å². The van der Waals surface area contributed by atoms with Crippen LogP contribution < -0.4 is 11.1 Å². The van der Waals surface area contributed by atoms with Crippen molar-refractivity contribution in [1.29, 1.82) is 0 Å². The number of aromatic nitrogens is 2. The van der Waals surface area contributed by atoms with Crippen molar-refractivity contribution in [3.8, 4) is 0 Å². The van der Waals surface area contributed by atoms with Gasteiger partial charge in [-0.3, -0.25) is 0 Å². The molecule has 1 aliphatic rings. The van der Waals surface area contributed by atoms with E-state index >= 15 is 0 Å². The lowest BCUT2D eigenvalue weighted by atomic mass is 10.0. The molecule has 1 fully saturated rings. The third-order valence-electron chi connectivity index (χ3n) is 2.97. The van der Waals surface area contributed by atoms with E-state index in [1.807, 2.05) is 12.1 Å². The number of rotatable bonds is 2. The summed E-state index contributed by atoms with van der Waals surface area (Å²) in [7, 11) is 0. The summed E-state index contributed by atoms with van der Waals surface area (Å²) >= 11 is 0. The molecule has 2 rings (SSSR count). The number of nitrogens with two attached hydrogens (primary N) is 1. The number of nitrogens with zero attached hydrogens (tertiary/aromatic N) is 2. The lowest BCUT2D eigenvalue weighted by Crippen LogP contribution is -2.39. The molecule has 0 aliphatic heterocycles. The Labute approximate surface area is 90.3 Å². The average molecular weight is 206 g/mol. The zero-order chi connectivity index (χ0) is 10.5. The van der Waals surface area contributed by atoms with E-state index in [9.17, 15) is 0 Å². The predicted molar refractivity (Wildman–Crippen MR) is 60.5 cm³/mol. The van der Waals surface area contributed by atoms with Gasteiger partial charge in [0.05, 0.1) is 0 Å². The average Bonchev–Trinajstić information content (AvgIpc) is 2.46. The van der Waals surface area contributed by atoms with Gasteiger partial charge in [-0.1, -0.05) is 19.3 Å². The molecule has 0 bridgehead atoms. The summed E-state index contributed by atoms with van der Waals surface area (Å²) in [4.78, 5) is 0. The van der Waals surface area contributed by atoms with E-state index in [-0.39, 0.29) is 6.04 Å². The van der Waals surface area contributed by atoms with Crippen LogP contribution in [0.15, 0.2) is 18.3 Å². The molecule has 0 radical (unpaired) electrons. The SMILES string of the molecule is NC1CCCCCC1Nc1cccnn1. The molecule has 1 heterocycles. The van der Waals surface area contributed by atoms with Gasteiger partial charge < -0.3 is 11.1 Å². The van der Waals surface area contributed by atoms with Crippen LogP contribution in [0.3, 0.4) is 0 Å². The fourth-order valence-corrected chi connectivity index (χ4v) is 2.08. The zero-order valence-electron chi connectivity index (χ0n) is 8.89. The highest BCUT2D eigenvalue weighted by Crippen LogP contribution is 2.19. The number of anilines is 1. The van der Waals surface area contributed by atoms with Crippen molar-refractivity contribution in [2.45, 2.75) is 44.2 Å². The molecular formula is C11H18N4. The predicted octanol–water partition coefficient (Wildman–Crippen LogP) is 1.55. The maximum atomic E-state index is 6.12. The number of hydrogen-bond donors (Lipinski definition) is 2. The highest BCUT2D eigenvalue weighted by atomic mass is 15.2. The quantitative estimate of drug-likeness (QED) is 0.721. The zero-order valence-corrected chi connectivity index (χ0v) is 8.89. The molecule has 1 aromatic heterocycles. The minimum Gasteiger partial charge on any atom is -0.364 e. The van der Waals surface area contributed by atoms with E-state index in [4.69, 9.17) is 5.73 Å². The van der Waals surface area contributed by atoms with Gasteiger partial charge in [0.15, 0.2) is 0 Å². The smallest absolute Gasteiger partial charge is 0.148 e. The van der Waals surface area contributed by atoms with Gasteiger partial charge in [0.25, 0.3) is 0 Å². The third kappa shape index (κ3) is 2.89. The van der Waals surface area contributed by atoms with Crippen molar-refractivity contribution in [3.05, 3.63) is 18.3 Å². The second-order valence-corrected chi connectivity index (χ2v) is 4.16. The van der Waals surface area contributed by atoms with Crippen LogP contribution in [0.2, 0.25) is 0 Å². The first kappa shape index (κ1) is 10.4. The van der Waals surface area contributed by atoms with Crippen molar-refractivity contribution in [2.75, 3.05) is 5.32 Å². The first-order chi connectivity index (χ1) is 7.36. The Balaban J connectivity index is 1.97. The normalized spacial score (nSPS) is 27.0. The summed E-state index contributed by atoms with van der Waals surface area (Å²) < 4.78 is 0. The number of nitrogens with one attached hydrogen (secondary N) is 1. The van der Waals surface area contributed by atoms with Gasteiger partial charge in [0.1, 0.15) is 5.82 Å². The molecule has 1 aromatic rings. The summed E-state index contributed by atoms with van der Waals surface area (Å²) in [6.07, 6.45) is 7.73. The molecule has 0 amide bonds. The Morgan fingerprint density at radius 2 is 2.13 bits per heavy atom. The van der Waals surface area contributed by atoms with E-state index in [0.29, 0.717) is 6.04 Å². The van der Waals surface area contributed by atoms with Crippen molar-refractivity contribution >= 4 is 5.82 Å². The highest BCUT2D eigenvalue weighted by molar-refractivity contribution is 5.33. The summed E-state index contributed by atoms with van der Waals surface area (Å²) in [5.74, 6) is 0.833. The van der Waals surface area contributed by atoms with E-state index in [1.54, 1.807) is 6.20 Å². The molecule has 2 atom stereocenters. The van der Waals surface area contributed by atoms with Gasteiger partial charge >= 0.3 is 0 Å². The monoisotopic (exact) mass is 206 g/mol. The maximum Gasteiger partial charge on any atom is 0.148 e. The molecule has 4 heteroatoms. The van der Waals surface area contributed by atoms with Crippen LogP contribution in [0.5, 0.6) is 0 Å². The molecule has 2 unspecified atom stereocenters. The highest BCUT2D eigenvalue weighted by Gasteiger charge is 2.20. The fraction of sp³-hybridized carbons (Fsp3) is 0.636. The van der Waals surface area contributed by atoms with Crippen LogP contribution in [0.1, 0.15) is 32.1 Å². The van der Waals surface area contributed by atoms with Crippen LogP contribution in [0.4, 0.5) is 5.82 Å². The van der Waals surface area contributed by atoms with Crippen molar-refractivity contribution in [1.82, 2.24) is 10.2 Å². The van der Waals surface area contributed by atoms with Gasteiger partial charge in [0, 0.05) is 18.3 Å². The third-order valence-corrected chi connectivity index (χ3v) is 2.97. The maximum absolute atomic E-state index is 6.12. The Morgan fingerprint density at radius 1 is 1.27 bits per heavy atom. The van der Waals surface area contributed by atoms with E-state index in [0.717, 1.165) is 18.7 Å².